The van der Waals surface area contributed by atoms with Gasteiger partial charge in [0.05, 0.1) is 23.8 Å². The molecule has 21 heavy (non-hydrogen) atoms. The summed E-state index contributed by atoms with van der Waals surface area (Å²) in [6, 6.07) is 6.47. The number of para-hydroxylation sites is 1. The summed E-state index contributed by atoms with van der Waals surface area (Å²) in [6.07, 6.45) is 5.56. The van der Waals surface area contributed by atoms with E-state index >= 15 is 0 Å². The minimum atomic E-state index is 0.825. The van der Waals surface area contributed by atoms with Gasteiger partial charge in [-0.15, -0.1) is 0 Å². The van der Waals surface area contributed by atoms with E-state index in [2.05, 4.69) is 59.5 Å². The fourth-order valence-corrected chi connectivity index (χ4v) is 2.71. The highest BCUT2D eigenvalue weighted by Crippen LogP contribution is 2.27. The van der Waals surface area contributed by atoms with Crippen LogP contribution in [0, 0.1) is 6.92 Å². The summed E-state index contributed by atoms with van der Waals surface area (Å²) >= 11 is 0. The van der Waals surface area contributed by atoms with Crippen LogP contribution in [0.2, 0.25) is 0 Å². The number of hydrogen-bond acceptors (Lipinski definition) is 3. The Labute approximate surface area is 124 Å². The van der Waals surface area contributed by atoms with Crippen molar-refractivity contribution in [3.8, 4) is 16.9 Å². The topological polar surface area (TPSA) is 59.4 Å². The van der Waals surface area contributed by atoms with Crippen molar-refractivity contribution < 1.29 is 0 Å². The first-order valence-corrected chi connectivity index (χ1v) is 7.28. The number of aromatic amines is 1. The monoisotopic (exact) mass is 281 g/mol. The third-order valence-corrected chi connectivity index (χ3v) is 3.88. The van der Waals surface area contributed by atoms with Gasteiger partial charge in [-0.05, 0) is 30.9 Å². The largest absolute Gasteiger partial charge is 0.237 e. The van der Waals surface area contributed by atoms with E-state index in [0.717, 1.165) is 29.8 Å². The van der Waals surface area contributed by atoms with Crippen LogP contribution in [0.25, 0.3) is 16.9 Å². The molecule has 0 unspecified atom stereocenters. The number of aryl methyl sites for hydroxylation is 2. The lowest BCUT2D eigenvalue weighted by molar-refractivity contribution is 0.817. The van der Waals surface area contributed by atoms with E-state index < -0.39 is 0 Å². The fraction of sp³-hybridized carbons (Fsp3) is 0.312. The van der Waals surface area contributed by atoms with Gasteiger partial charge in [0.1, 0.15) is 5.69 Å². The number of H-pyrrole nitrogens is 1. The molecule has 0 saturated heterocycles. The Hall–Kier alpha value is -2.43. The van der Waals surface area contributed by atoms with Crippen LogP contribution in [0.1, 0.15) is 30.7 Å². The first-order valence-electron chi connectivity index (χ1n) is 7.28. The normalized spacial score (nSPS) is 11.0. The molecule has 0 bridgehead atoms. The molecule has 0 aliphatic carbocycles. The lowest BCUT2D eigenvalue weighted by Crippen LogP contribution is -2.06. The van der Waals surface area contributed by atoms with Gasteiger partial charge < -0.3 is 0 Å². The van der Waals surface area contributed by atoms with Gasteiger partial charge in [0.25, 0.3) is 0 Å². The summed E-state index contributed by atoms with van der Waals surface area (Å²) in [5, 5.41) is 15.3. The number of nitrogens with one attached hydrogen (secondary N) is 1. The molecule has 3 aromatic rings. The van der Waals surface area contributed by atoms with E-state index in [4.69, 9.17) is 0 Å². The van der Waals surface area contributed by atoms with Crippen molar-refractivity contribution in [3.05, 3.63) is 47.4 Å². The summed E-state index contributed by atoms with van der Waals surface area (Å²) in [5.41, 5.74) is 6.75. The molecule has 1 aromatic carbocycles. The standard InChI is InChI=1S/C16H19N5/c1-4-12-7-6-8-13(5-2)16(12)21-11(3)14(9-18-21)15-10-17-20-19-15/h6-10H,4-5H2,1-3H3,(H,17,19,20). The molecule has 0 atom stereocenters. The summed E-state index contributed by atoms with van der Waals surface area (Å²) < 4.78 is 2.03. The van der Waals surface area contributed by atoms with E-state index in [1.807, 2.05) is 10.9 Å². The van der Waals surface area contributed by atoms with Gasteiger partial charge in [-0.2, -0.15) is 20.5 Å². The molecular formula is C16H19N5. The quantitative estimate of drug-likeness (QED) is 0.799. The summed E-state index contributed by atoms with van der Waals surface area (Å²) in [5.74, 6) is 0. The zero-order chi connectivity index (χ0) is 14.8. The average Bonchev–Trinajstić information content (AvgIpc) is 3.15. The second-order valence-corrected chi connectivity index (χ2v) is 5.04. The van der Waals surface area contributed by atoms with Crippen molar-refractivity contribution in [2.24, 2.45) is 0 Å². The van der Waals surface area contributed by atoms with Crippen LogP contribution in [0.3, 0.4) is 0 Å². The first-order chi connectivity index (χ1) is 10.3. The smallest absolute Gasteiger partial charge is 0.116 e. The van der Waals surface area contributed by atoms with Crippen molar-refractivity contribution in [3.63, 3.8) is 0 Å². The molecule has 0 fully saturated rings. The SMILES string of the molecule is CCc1cccc(CC)c1-n1ncc(-c2cn[nH]n2)c1C. The van der Waals surface area contributed by atoms with Crippen molar-refractivity contribution >= 4 is 0 Å². The molecule has 108 valence electrons. The maximum Gasteiger partial charge on any atom is 0.116 e. The number of benzene rings is 1. The minimum absolute atomic E-state index is 0.825. The van der Waals surface area contributed by atoms with E-state index in [0.29, 0.717) is 0 Å². The molecule has 5 nitrogen and oxygen atoms in total. The molecular weight excluding hydrogens is 262 g/mol. The number of rotatable bonds is 4. The second-order valence-electron chi connectivity index (χ2n) is 5.04. The van der Waals surface area contributed by atoms with Gasteiger partial charge in [0.15, 0.2) is 0 Å². The Balaban J connectivity index is 2.18. The van der Waals surface area contributed by atoms with Crippen LogP contribution in [0.15, 0.2) is 30.6 Å². The molecule has 0 spiro atoms. The highest BCUT2D eigenvalue weighted by molar-refractivity contribution is 5.62. The number of hydrogen-bond donors (Lipinski definition) is 1. The van der Waals surface area contributed by atoms with Crippen molar-refractivity contribution in [2.45, 2.75) is 33.6 Å². The molecule has 0 saturated carbocycles. The maximum atomic E-state index is 4.59. The Bertz CT molecular complexity index is 718. The van der Waals surface area contributed by atoms with E-state index in [-0.39, 0.29) is 0 Å². The van der Waals surface area contributed by atoms with Crippen molar-refractivity contribution in [1.82, 2.24) is 25.2 Å². The van der Waals surface area contributed by atoms with Crippen LogP contribution < -0.4 is 0 Å². The van der Waals surface area contributed by atoms with Gasteiger partial charge in [-0.3, -0.25) is 0 Å². The highest BCUT2D eigenvalue weighted by Gasteiger charge is 2.16. The first kappa shape index (κ1) is 13.5. The molecule has 1 N–H and O–H groups in total. The van der Waals surface area contributed by atoms with Gasteiger partial charge in [-0.25, -0.2) is 4.68 Å². The maximum absolute atomic E-state index is 4.59. The van der Waals surface area contributed by atoms with Crippen LogP contribution >= 0.6 is 0 Å². The molecule has 3 rings (SSSR count). The van der Waals surface area contributed by atoms with Crippen molar-refractivity contribution in [2.75, 3.05) is 0 Å². The third-order valence-electron chi connectivity index (χ3n) is 3.88. The van der Waals surface area contributed by atoms with Gasteiger partial charge in [0, 0.05) is 5.56 Å². The Morgan fingerprint density at radius 2 is 1.81 bits per heavy atom. The third kappa shape index (κ3) is 2.24. The van der Waals surface area contributed by atoms with Crippen molar-refractivity contribution in [1.29, 1.82) is 0 Å². The zero-order valence-corrected chi connectivity index (χ0v) is 12.6. The molecule has 0 amide bonds. The molecule has 0 aliphatic rings. The van der Waals surface area contributed by atoms with E-state index in [1.54, 1.807) is 6.20 Å². The Morgan fingerprint density at radius 1 is 1.10 bits per heavy atom. The highest BCUT2D eigenvalue weighted by atomic mass is 15.3. The summed E-state index contributed by atoms with van der Waals surface area (Å²) in [7, 11) is 0. The second kappa shape index (κ2) is 5.52. The van der Waals surface area contributed by atoms with Gasteiger partial charge >= 0.3 is 0 Å². The predicted octanol–water partition coefficient (Wildman–Crippen LogP) is 3.09. The fourth-order valence-electron chi connectivity index (χ4n) is 2.71. The molecule has 2 heterocycles. The average molecular weight is 281 g/mol. The zero-order valence-electron chi connectivity index (χ0n) is 12.6. The van der Waals surface area contributed by atoms with Gasteiger partial charge in [0.2, 0.25) is 0 Å². The summed E-state index contributed by atoms with van der Waals surface area (Å²) in [4.78, 5) is 0. The lowest BCUT2D eigenvalue weighted by atomic mass is 10.0. The Kier molecular flexibility index (Phi) is 3.56. The number of aromatic nitrogens is 5. The molecule has 0 aliphatic heterocycles. The molecule has 2 aromatic heterocycles. The molecule has 0 radical (unpaired) electrons. The van der Waals surface area contributed by atoms with E-state index in [1.165, 1.54) is 16.8 Å². The predicted molar refractivity (Wildman–Crippen MR) is 82.4 cm³/mol. The van der Waals surface area contributed by atoms with Crippen LogP contribution in [-0.4, -0.2) is 25.2 Å². The Morgan fingerprint density at radius 3 is 2.38 bits per heavy atom. The van der Waals surface area contributed by atoms with Gasteiger partial charge in [-0.1, -0.05) is 32.0 Å². The minimum Gasteiger partial charge on any atom is -0.237 e. The molecule has 5 heteroatoms. The van der Waals surface area contributed by atoms with Crippen LogP contribution in [-0.2, 0) is 12.8 Å². The lowest BCUT2D eigenvalue weighted by Gasteiger charge is -2.14. The van der Waals surface area contributed by atoms with Crippen LogP contribution in [0.4, 0.5) is 0 Å². The summed E-state index contributed by atoms with van der Waals surface area (Å²) in [6.45, 7) is 6.42. The van der Waals surface area contributed by atoms with Crippen LogP contribution in [0.5, 0.6) is 0 Å². The number of nitrogens with zero attached hydrogens (tertiary/aromatic N) is 4. The van der Waals surface area contributed by atoms with E-state index in [9.17, 15) is 0 Å².